The fourth-order valence-electron chi connectivity index (χ4n) is 3.00. The van der Waals surface area contributed by atoms with Gasteiger partial charge >= 0.3 is 0 Å². The van der Waals surface area contributed by atoms with Crippen LogP contribution >= 0.6 is 0 Å². The molecule has 28 heavy (non-hydrogen) atoms. The van der Waals surface area contributed by atoms with E-state index in [4.69, 9.17) is 0 Å². The van der Waals surface area contributed by atoms with E-state index in [0.717, 1.165) is 11.1 Å². The molecule has 0 spiro atoms. The lowest BCUT2D eigenvalue weighted by Gasteiger charge is -2.13. The Morgan fingerprint density at radius 2 is 1.89 bits per heavy atom. The zero-order valence-electron chi connectivity index (χ0n) is 16.1. The molecule has 2 heterocycles. The number of benzene rings is 1. The van der Waals surface area contributed by atoms with Crippen molar-refractivity contribution in [3.8, 4) is 11.4 Å². The molecule has 1 N–H and O–H groups in total. The summed E-state index contributed by atoms with van der Waals surface area (Å²) in [7, 11) is 0. The van der Waals surface area contributed by atoms with Crippen LogP contribution < -0.4 is 10.9 Å². The molecule has 1 amide bonds. The van der Waals surface area contributed by atoms with Crippen LogP contribution in [0.4, 0.5) is 0 Å². The van der Waals surface area contributed by atoms with Gasteiger partial charge in [0.15, 0.2) is 5.82 Å². The predicted molar refractivity (Wildman–Crippen MR) is 109 cm³/mol. The lowest BCUT2D eigenvalue weighted by Crippen LogP contribution is -2.32. The van der Waals surface area contributed by atoms with E-state index in [-0.39, 0.29) is 17.9 Å². The number of nitrogens with one attached hydrogen (secondary N) is 1. The third-order valence-electron chi connectivity index (χ3n) is 4.53. The van der Waals surface area contributed by atoms with Crippen molar-refractivity contribution in [1.29, 1.82) is 0 Å². The highest BCUT2D eigenvalue weighted by Gasteiger charge is 2.19. The van der Waals surface area contributed by atoms with E-state index in [0.29, 0.717) is 35.9 Å². The van der Waals surface area contributed by atoms with Crippen LogP contribution in [-0.2, 0) is 17.8 Å². The first-order valence-electron chi connectivity index (χ1n) is 9.00. The maximum Gasteiger partial charge on any atom is 0.279 e. The van der Waals surface area contributed by atoms with E-state index in [1.807, 2.05) is 35.8 Å². The molecule has 0 aliphatic carbocycles. The molecular weight excluding hydrogens is 354 g/mol. The third kappa shape index (κ3) is 3.64. The fraction of sp³-hybridized carbons (Fsp3) is 0.238. The largest absolute Gasteiger partial charge is 0.352 e. The lowest BCUT2D eigenvalue weighted by molar-refractivity contribution is -0.120. The molecule has 3 rings (SSSR count). The minimum atomic E-state index is -0.340. The Morgan fingerprint density at radius 1 is 1.18 bits per heavy atom. The van der Waals surface area contributed by atoms with Gasteiger partial charge in [-0.2, -0.15) is 9.50 Å². The zero-order valence-corrected chi connectivity index (χ0v) is 16.1. The van der Waals surface area contributed by atoms with Gasteiger partial charge in [-0.3, -0.25) is 9.59 Å². The molecular formula is C21H23N5O2. The number of rotatable bonds is 7. The molecule has 7 heteroatoms. The minimum absolute atomic E-state index is 0.0364. The first-order chi connectivity index (χ1) is 13.5. The van der Waals surface area contributed by atoms with Gasteiger partial charge in [-0.15, -0.1) is 18.3 Å². The summed E-state index contributed by atoms with van der Waals surface area (Å²) in [5, 5.41) is 7.12. The number of carbonyl (C=O) groups is 1. The average molecular weight is 377 g/mol. The highest BCUT2D eigenvalue weighted by molar-refractivity contribution is 5.79. The van der Waals surface area contributed by atoms with Gasteiger partial charge in [0.25, 0.3) is 5.56 Å². The Morgan fingerprint density at radius 3 is 2.54 bits per heavy atom. The van der Waals surface area contributed by atoms with Crippen molar-refractivity contribution in [1.82, 2.24) is 24.5 Å². The second-order valence-electron chi connectivity index (χ2n) is 6.55. The third-order valence-corrected chi connectivity index (χ3v) is 4.53. The summed E-state index contributed by atoms with van der Waals surface area (Å²) in [6, 6.07) is 7.78. The van der Waals surface area contributed by atoms with Gasteiger partial charge < -0.3 is 9.88 Å². The van der Waals surface area contributed by atoms with E-state index >= 15 is 0 Å². The summed E-state index contributed by atoms with van der Waals surface area (Å²) in [6.45, 7) is 12.0. The van der Waals surface area contributed by atoms with Crippen molar-refractivity contribution in [2.24, 2.45) is 0 Å². The van der Waals surface area contributed by atoms with Gasteiger partial charge in [0.1, 0.15) is 0 Å². The number of hydrogen-bond acceptors (Lipinski definition) is 4. The van der Waals surface area contributed by atoms with Gasteiger partial charge in [-0.1, -0.05) is 42.0 Å². The van der Waals surface area contributed by atoms with Gasteiger partial charge in [0, 0.05) is 29.9 Å². The molecule has 0 bridgehead atoms. The second kappa shape index (κ2) is 8.04. The second-order valence-corrected chi connectivity index (χ2v) is 6.55. The quantitative estimate of drug-likeness (QED) is 0.640. The summed E-state index contributed by atoms with van der Waals surface area (Å²) in [5.41, 5.74) is 2.67. The van der Waals surface area contributed by atoms with Crippen molar-refractivity contribution in [3.63, 3.8) is 0 Å². The zero-order chi connectivity index (χ0) is 20.3. The van der Waals surface area contributed by atoms with Gasteiger partial charge in [-0.05, 0) is 13.8 Å². The molecule has 0 radical (unpaired) electrons. The summed E-state index contributed by atoms with van der Waals surface area (Å²) in [6.07, 6.45) is 3.28. The smallest absolute Gasteiger partial charge is 0.279 e. The van der Waals surface area contributed by atoms with Crippen LogP contribution in [0.25, 0.3) is 17.2 Å². The van der Waals surface area contributed by atoms with Gasteiger partial charge in [-0.25, -0.2) is 0 Å². The number of allylic oxidation sites excluding steroid dienone is 1. The van der Waals surface area contributed by atoms with Crippen molar-refractivity contribution in [3.05, 3.63) is 76.8 Å². The first-order valence-corrected chi connectivity index (χ1v) is 9.00. The van der Waals surface area contributed by atoms with Crippen LogP contribution in [0.3, 0.4) is 0 Å². The first kappa shape index (κ1) is 19.3. The number of aromatic nitrogens is 4. The summed E-state index contributed by atoms with van der Waals surface area (Å²) in [5.74, 6) is 0.638. The summed E-state index contributed by atoms with van der Waals surface area (Å²) < 4.78 is 3.11. The normalized spacial score (nSPS) is 10.8. The van der Waals surface area contributed by atoms with Crippen molar-refractivity contribution >= 4 is 11.7 Å². The number of hydrogen-bond donors (Lipinski definition) is 1. The van der Waals surface area contributed by atoms with E-state index in [1.54, 1.807) is 19.1 Å². The molecule has 0 saturated heterocycles. The lowest BCUT2D eigenvalue weighted by atomic mass is 10.1. The molecule has 0 saturated carbocycles. The number of amides is 1. The standard InChI is InChI=1S/C21H23N5O2/c1-5-11-22-18(27)13-17-15(4)25(12-6-2)21-23-19(24-26(21)20(17)28)16-9-7-14(3)8-10-16/h5-10H,1-2,11-13H2,3-4H3,(H,22,27). The topological polar surface area (TPSA) is 81.3 Å². The van der Waals surface area contributed by atoms with Crippen LogP contribution in [-0.4, -0.2) is 31.6 Å². The maximum atomic E-state index is 13.0. The highest BCUT2D eigenvalue weighted by atomic mass is 16.2. The number of fused-ring (bicyclic) bond motifs is 1. The Balaban J connectivity index is 2.16. The molecule has 2 aromatic heterocycles. The highest BCUT2D eigenvalue weighted by Crippen LogP contribution is 2.18. The fourth-order valence-corrected chi connectivity index (χ4v) is 3.00. The van der Waals surface area contributed by atoms with Crippen LogP contribution in [0.15, 0.2) is 54.4 Å². The number of aryl methyl sites for hydroxylation is 1. The Labute approximate surface area is 163 Å². The van der Waals surface area contributed by atoms with Crippen molar-refractivity contribution < 1.29 is 4.79 Å². The predicted octanol–water partition coefficient (Wildman–Crippen LogP) is 2.21. The molecule has 0 aliphatic rings. The molecule has 0 atom stereocenters. The van der Waals surface area contributed by atoms with Crippen LogP contribution in [0.1, 0.15) is 16.8 Å². The van der Waals surface area contributed by atoms with Gasteiger partial charge in [0.2, 0.25) is 11.7 Å². The van der Waals surface area contributed by atoms with E-state index in [9.17, 15) is 9.59 Å². The molecule has 0 fully saturated rings. The molecule has 0 unspecified atom stereocenters. The molecule has 7 nitrogen and oxygen atoms in total. The number of nitrogens with zero attached hydrogens (tertiary/aromatic N) is 4. The van der Waals surface area contributed by atoms with E-state index in [1.165, 1.54) is 4.52 Å². The maximum absolute atomic E-state index is 13.0. The van der Waals surface area contributed by atoms with Gasteiger partial charge in [0.05, 0.1) is 6.42 Å². The summed E-state index contributed by atoms with van der Waals surface area (Å²) in [4.78, 5) is 29.8. The Kier molecular flexibility index (Phi) is 5.54. The van der Waals surface area contributed by atoms with E-state index < -0.39 is 0 Å². The monoisotopic (exact) mass is 377 g/mol. The molecule has 144 valence electrons. The van der Waals surface area contributed by atoms with Crippen LogP contribution in [0, 0.1) is 13.8 Å². The Hall–Kier alpha value is -3.48. The minimum Gasteiger partial charge on any atom is -0.352 e. The van der Waals surface area contributed by atoms with Crippen molar-refractivity contribution in [2.45, 2.75) is 26.8 Å². The molecule has 3 aromatic rings. The average Bonchev–Trinajstić information content (AvgIpc) is 3.13. The molecule has 1 aromatic carbocycles. The van der Waals surface area contributed by atoms with Crippen LogP contribution in [0.5, 0.6) is 0 Å². The Bertz CT molecular complexity index is 1110. The SMILES string of the molecule is C=CCNC(=O)Cc1c(C)n(CC=C)c2nc(-c3ccc(C)cc3)nn2c1=O. The molecule has 0 aliphatic heterocycles. The van der Waals surface area contributed by atoms with Crippen LogP contribution in [0.2, 0.25) is 0 Å². The summed E-state index contributed by atoms with van der Waals surface area (Å²) >= 11 is 0. The van der Waals surface area contributed by atoms with E-state index in [2.05, 4.69) is 28.6 Å². The van der Waals surface area contributed by atoms with Crippen molar-refractivity contribution in [2.75, 3.05) is 6.54 Å². The number of carbonyl (C=O) groups excluding carboxylic acids is 1.